The number of carbonyl (C=O) groups excluding carboxylic acids is 2. The number of carbonyl (C=O) groups is 2. The summed E-state index contributed by atoms with van der Waals surface area (Å²) in [6.07, 6.45) is 8.77. The van der Waals surface area contributed by atoms with E-state index in [-0.39, 0.29) is 5.41 Å². The van der Waals surface area contributed by atoms with E-state index in [9.17, 15) is 24.9 Å². The first-order valence-electron chi connectivity index (χ1n) is 11.2. The molecule has 4 atom stereocenters. The zero-order valence-electron chi connectivity index (χ0n) is 20.3. The van der Waals surface area contributed by atoms with E-state index >= 15 is 0 Å². The van der Waals surface area contributed by atoms with E-state index in [4.69, 9.17) is 10.8 Å². The first kappa shape index (κ1) is 28.9. The lowest BCUT2D eigenvalue weighted by molar-refractivity contribution is -0.139. The number of ketones is 2. The molecule has 6 N–H and O–H groups in total. The molecule has 0 aromatic carbocycles. The minimum absolute atomic E-state index is 0.168. The van der Waals surface area contributed by atoms with Gasteiger partial charge in [0.1, 0.15) is 24.4 Å². The van der Waals surface area contributed by atoms with Gasteiger partial charge in [-0.05, 0) is 62.7 Å². The van der Waals surface area contributed by atoms with Gasteiger partial charge >= 0.3 is 0 Å². The summed E-state index contributed by atoms with van der Waals surface area (Å²) in [6.45, 7) is 9.51. The Labute approximate surface area is 196 Å². The van der Waals surface area contributed by atoms with Gasteiger partial charge < -0.3 is 26.2 Å². The monoisotopic (exact) mass is 461 g/mol. The number of Topliss-reactive ketones (excluding diaryl/α,β-unsaturated/α-hetero) is 1. The molecule has 0 saturated carbocycles. The molecule has 7 nitrogen and oxygen atoms in total. The molecule has 33 heavy (non-hydrogen) atoms. The topological polar surface area (TPSA) is 141 Å². The molecule has 0 saturated heterocycles. The number of allylic oxidation sites excluding steroid dienone is 10. The summed E-state index contributed by atoms with van der Waals surface area (Å²) < 4.78 is 0. The molecule has 0 unspecified atom stereocenters. The van der Waals surface area contributed by atoms with Gasteiger partial charge in [0.05, 0.1) is 6.61 Å². The van der Waals surface area contributed by atoms with Crippen LogP contribution in [0.15, 0.2) is 58.7 Å². The van der Waals surface area contributed by atoms with Crippen LogP contribution in [0.1, 0.15) is 53.9 Å². The van der Waals surface area contributed by atoms with Crippen LogP contribution in [-0.4, -0.2) is 63.0 Å². The number of aliphatic hydroxyl groups excluding tert-OH is 4. The SMILES string of the molecule is CC(C=CC1=C(C)CCCC1(C)C)=CC=CC(C)=CC(=O)C(=O)[C@H](N)[C@@H](O)[C@H](O)[C@H](O)CO. The molecule has 0 bridgehead atoms. The Hall–Kier alpha value is -2.16. The minimum atomic E-state index is -1.89. The summed E-state index contributed by atoms with van der Waals surface area (Å²) in [5.74, 6) is -2.04. The highest BCUT2D eigenvalue weighted by atomic mass is 16.4. The number of hydrogen-bond donors (Lipinski definition) is 5. The molecule has 184 valence electrons. The van der Waals surface area contributed by atoms with Crippen molar-refractivity contribution in [3.05, 3.63) is 58.7 Å². The van der Waals surface area contributed by atoms with Crippen molar-refractivity contribution in [2.24, 2.45) is 11.1 Å². The number of nitrogens with two attached hydrogens (primary N) is 1. The Bertz CT molecular complexity index is 862. The quantitative estimate of drug-likeness (QED) is 0.180. The summed E-state index contributed by atoms with van der Waals surface area (Å²) in [6, 6.07) is -1.73. The van der Waals surface area contributed by atoms with Gasteiger partial charge in [-0.15, -0.1) is 0 Å². The third-order valence-electron chi connectivity index (χ3n) is 5.98. The van der Waals surface area contributed by atoms with E-state index in [1.165, 1.54) is 24.0 Å². The summed E-state index contributed by atoms with van der Waals surface area (Å²) in [5.41, 5.74) is 10.1. The largest absolute Gasteiger partial charge is 0.394 e. The van der Waals surface area contributed by atoms with Crippen molar-refractivity contribution >= 4 is 11.6 Å². The van der Waals surface area contributed by atoms with Crippen LogP contribution < -0.4 is 5.73 Å². The Morgan fingerprint density at radius 1 is 1.09 bits per heavy atom. The van der Waals surface area contributed by atoms with Gasteiger partial charge in [-0.2, -0.15) is 0 Å². The fourth-order valence-electron chi connectivity index (χ4n) is 3.83. The normalized spacial score (nSPS) is 21.4. The lowest BCUT2D eigenvalue weighted by atomic mass is 9.72. The first-order valence-corrected chi connectivity index (χ1v) is 11.2. The highest BCUT2D eigenvalue weighted by Gasteiger charge is 2.35. The smallest absolute Gasteiger partial charge is 0.223 e. The van der Waals surface area contributed by atoms with E-state index < -0.39 is 42.5 Å². The molecule has 0 heterocycles. The van der Waals surface area contributed by atoms with Crippen LogP contribution >= 0.6 is 0 Å². The van der Waals surface area contributed by atoms with Crippen molar-refractivity contribution in [1.82, 2.24) is 0 Å². The minimum Gasteiger partial charge on any atom is -0.394 e. The second-order valence-electron chi connectivity index (χ2n) is 9.41. The highest BCUT2D eigenvalue weighted by Crippen LogP contribution is 2.40. The molecule has 0 aromatic rings. The second kappa shape index (κ2) is 12.9. The van der Waals surface area contributed by atoms with E-state index in [1.807, 2.05) is 13.0 Å². The predicted molar refractivity (Wildman–Crippen MR) is 129 cm³/mol. The van der Waals surface area contributed by atoms with Gasteiger partial charge in [0.2, 0.25) is 11.6 Å². The van der Waals surface area contributed by atoms with Gasteiger partial charge in [0.15, 0.2) is 0 Å². The van der Waals surface area contributed by atoms with Gasteiger partial charge in [0, 0.05) is 0 Å². The molecule has 0 aromatic heterocycles. The van der Waals surface area contributed by atoms with Crippen LogP contribution in [0.25, 0.3) is 0 Å². The van der Waals surface area contributed by atoms with Crippen LogP contribution in [0.5, 0.6) is 0 Å². The average molecular weight is 462 g/mol. The number of hydrogen-bond acceptors (Lipinski definition) is 7. The molecule has 1 aliphatic carbocycles. The zero-order valence-corrected chi connectivity index (χ0v) is 20.3. The van der Waals surface area contributed by atoms with Gasteiger partial charge in [0.25, 0.3) is 0 Å². The van der Waals surface area contributed by atoms with Crippen molar-refractivity contribution in [3.8, 4) is 0 Å². The molecular formula is C26H39NO6. The number of aliphatic hydroxyl groups is 4. The second-order valence-corrected chi connectivity index (χ2v) is 9.41. The molecule has 0 radical (unpaired) electrons. The molecule has 1 aliphatic rings. The van der Waals surface area contributed by atoms with E-state index in [0.29, 0.717) is 5.57 Å². The summed E-state index contributed by atoms with van der Waals surface area (Å²) in [5, 5.41) is 37.7. The lowest BCUT2D eigenvalue weighted by Crippen LogP contribution is -2.54. The highest BCUT2D eigenvalue weighted by molar-refractivity contribution is 6.43. The maximum atomic E-state index is 12.2. The maximum Gasteiger partial charge on any atom is 0.223 e. The fraction of sp³-hybridized carbons (Fsp3) is 0.538. The van der Waals surface area contributed by atoms with E-state index in [0.717, 1.165) is 18.1 Å². The fourth-order valence-corrected chi connectivity index (χ4v) is 3.83. The molecule has 7 heteroatoms. The van der Waals surface area contributed by atoms with E-state index in [1.54, 1.807) is 19.1 Å². The van der Waals surface area contributed by atoms with Crippen molar-refractivity contribution in [3.63, 3.8) is 0 Å². The zero-order chi connectivity index (χ0) is 25.3. The van der Waals surface area contributed by atoms with Crippen LogP contribution in [0.2, 0.25) is 0 Å². The Morgan fingerprint density at radius 3 is 2.30 bits per heavy atom. The van der Waals surface area contributed by atoms with Crippen molar-refractivity contribution < 1.29 is 30.0 Å². The Kier molecular flexibility index (Phi) is 11.3. The predicted octanol–water partition coefficient (Wildman–Crippen LogP) is 2.06. The molecule has 0 spiro atoms. The molecular weight excluding hydrogens is 422 g/mol. The Balaban J connectivity index is 2.79. The first-order chi connectivity index (χ1) is 15.3. The number of rotatable bonds is 11. The van der Waals surface area contributed by atoms with E-state index in [2.05, 4.69) is 32.9 Å². The van der Waals surface area contributed by atoms with Crippen LogP contribution in [-0.2, 0) is 9.59 Å². The van der Waals surface area contributed by atoms with Crippen LogP contribution in [0, 0.1) is 5.41 Å². The summed E-state index contributed by atoms with van der Waals surface area (Å²) in [4.78, 5) is 24.3. The molecule has 1 rings (SSSR count). The summed E-state index contributed by atoms with van der Waals surface area (Å²) >= 11 is 0. The summed E-state index contributed by atoms with van der Waals surface area (Å²) in [7, 11) is 0. The van der Waals surface area contributed by atoms with Crippen LogP contribution in [0.3, 0.4) is 0 Å². The van der Waals surface area contributed by atoms with Crippen molar-refractivity contribution in [2.75, 3.05) is 6.61 Å². The molecule has 0 amide bonds. The Morgan fingerprint density at radius 2 is 1.73 bits per heavy atom. The van der Waals surface area contributed by atoms with Crippen LogP contribution in [0.4, 0.5) is 0 Å². The third-order valence-corrected chi connectivity index (χ3v) is 5.98. The molecule has 0 aliphatic heterocycles. The van der Waals surface area contributed by atoms with Crippen molar-refractivity contribution in [1.29, 1.82) is 0 Å². The van der Waals surface area contributed by atoms with Gasteiger partial charge in [-0.1, -0.05) is 55.4 Å². The van der Waals surface area contributed by atoms with Crippen molar-refractivity contribution in [2.45, 2.75) is 78.2 Å². The van der Waals surface area contributed by atoms with Gasteiger partial charge in [-0.25, -0.2) is 0 Å². The maximum absolute atomic E-state index is 12.2. The van der Waals surface area contributed by atoms with Gasteiger partial charge in [-0.3, -0.25) is 9.59 Å². The standard InChI is InChI=1S/C26H39NO6/c1-16(11-12-19-18(3)10-7-13-26(19,4)5)8-6-9-17(2)14-20(29)23(31)22(27)25(33)24(32)21(30)15-28/h6,8-9,11-12,14,21-22,24-25,28,30,32-33H,7,10,13,15,27H2,1-5H3/t21-,22+,24-,25-/m1/s1. The molecule has 0 fully saturated rings. The average Bonchev–Trinajstić information content (AvgIpc) is 2.75. The third kappa shape index (κ3) is 8.61. The lowest BCUT2D eigenvalue weighted by Gasteiger charge is -2.32.